The fourth-order valence-electron chi connectivity index (χ4n) is 3.57. The van der Waals surface area contributed by atoms with Gasteiger partial charge in [0.25, 0.3) is 5.95 Å². The van der Waals surface area contributed by atoms with E-state index in [1.54, 1.807) is 13.8 Å². The quantitative estimate of drug-likeness (QED) is 0.773. The molecular formula is C24H27NO5. The number of nitrogens with one attached hydrogen (secondary N) is 1. The van der Waals surface area contributed by atoms with E-state index in [2.05, 4.69) is 17.5 Å². The van der Waals surface area contributed by atoms with Gasteiger partial charge in [-0.25, -0.2) is 0 Å². The minimum absolute atomic E-state index is 0.0760. The number of amides is 1. The lowest BCUT2D eigenvalue weighted by Gasteiger charge is -2.13. The molecule has 1 aliphatic rings. The molecule has 0 unspecified atom stereocenters. The number of methoxy groups -OCH3 is 1. The van der Waals surface area contributed by atoms with Crippen LogP contribution < -0.4 is 15.5 Å². The second kappa shape index (κ2) is 9.13. The highest BCUT2D eigenvalue weighted by Crippen LogP contribution is 2.35. The summed E-state index contributed by atoms with van der Waals surface area (Å²) in [6.07, 6.45) is 4.52. The van der Waals surface area contributed by atoms with Crippen molar-refractivity contribution in [2.45, 2.75) is 40.2 Å². The predicted octanol–water partition coefficient (Wildman–Crippen LogP) is 4.71. The third-order valence-electron chi connectivity index (χ3n) is 5.01. The van der Waals surface area contributed by atoms with E-state index in [-0.39, 0.29) is 23.4 Å². The molecule has 2 heterocycles. The van der Waals surface area contributed by atoms with Crippen molar-refractivity contribution in [2.24, 2.45) is 0 Å². The summed E-state index contributed by atoms with van der Waals surface area (Å²) < 4.78 is 16.9. The number of benzene rings is 1. The van der Waals surface area contributed by atoms with Crippen LogP contribution in [0.1, 0.15) is 48.8 Å². The van der Waals surface area contributed by atoms with Gasteiger partial charge in [0, 0.05) is 24.6 Å². The van der Waals surface area contributed by atoms with Crippen LogP contribution in [0.25, 0.3) is 6.08 Å². The summed E-state index contributed by atoms with van der Waals surface area (Å²) in [5.74, 6) is 0.675. The number of anilines is 1. The van der Waals surface area contributed by atoms with Crippen molar-refractivity contribution < 1.29 is 18.7 Å². The molecule has 1 saturated heterocycles. The predicted molar refractivity (Wildman–Crippen MR) is 117 cm³/mol. The molecule has 1 atom stereocenters. The Hall–Kier alpha value is -3.12. The maximum atomic E-state index is 12.4. The van der Waals surface area contributed by atoms with Crippen LogP contribution in [0.5, 0.6) is 5.95 Å². The average Bonchev–Trinajstić information content (AvgIpc) is 3.15. The van der Waals surface area contributed by atoms with Crippen LogP contribution in [0.2, 0.25) is 0 Å². The van der Waals surface area contributed by atoms with Gasteiger partial charge in [0.15, 0.2) is 5.43 Å². The Bertz CT molecular complexity index is 1060. The first kappa shape index (κ1) is 21.6. The van der Waals surface area contributed by atoms with E-state index in [9.17, 15) is 9.59 Å². The van der Waals surface area contributed by atoms with Crippen LogP contribution in [0.3, 0.4) is 0 Å². The molecule has 1 amide bonds. The van der Waals surface area contributed by atoms with Gasteiger partial charge in [0.2, 0.25) is 5.91 Å². The molecule has 6 nitrogen and oxygen atoms in total. The normalized spacial score (nSPS) is 18.0. The molecule has 3 rings (SSSR count). The largest absolute Gasteiger partial charge is 0.468 e. The Morgan fingerprint density at radius 3 is 2.50 bits per heavy atom. The third kappa shape index (κ3) is 4.89. The van der Waals surface area contributed by atoms with Crippen molar-refractivity contribution in [3.8, 4) is 5.95 Å². The minimum Gasteiger partial charge on any atom is -0.468 e. The summed E-state index contributed by atoms with van der Waals surface area (Å²) in [4.78, 5) is 23.5. The topological polar surface area (TPSA) is 77.8 Å². The van der Waals surface area contributed by atoms with Crippen LogP contribution in [0.15, 0.2) is 50.7 Å². The molecule has 0 spiro atoms. The van der Waals surface area contributed by atoms with Gasteiger partial charge in [-0.15, -0.1) is 0 Å². The summed E-state index contributed by atoms with van der Waals surface area (Å²) in [6, 6.07) is 7.66. The Labute approximate surface area is 176 Å². The summed E-state index contributed by atoms with van der Waals surface area (Å²) >= 11 is 0. The Morgan fingerprint density at radius 1 is 1.17 bits per heavy atom. The van der Waals surface area contributed by atoms with E-state index >= 15 is 0 Å². The molecule has 1 fully saturated rings. The Balaban J connectivity index is 1.75. The van der Waals surface area contributed by atoms with Crippen LogP contribution in [0, 0.1) is 13.8 Å². The molecule has 2 aromatic rings. The van der Waals surface area contributed by atoms with Gasteiger partial charge >= 0.3 is 0 Å². The SMILES string of the molecule is COc1oc([C@H]2C/C(=C/C(C)=C\c3ccc(NC(C)=O)cc3)CO2)c(C)c(=O)c1C. The van der Waals surface area contributed by atoms with Gasteiger partial charge in [-0.3, -0.25) is 9.59 Å². The van der Waals surface area contributed by atoms with E-state index in [1.807, 2.05) is 31.2 Å². The zero-order valence-electron chi connectivity index (χ0n) is 18.0. The number of carbonyl (C=O) groups is 1. The molecule has 30 heavy (non-hydrogen) atoms. The number of hydrogen-bond donors (Lipinski definition) is 1. The van der Waals surface area contributed by atoms with Crippen molar-refractivity contribution in [1.29, 1.82) is 0 Å². The molecule has 6 heteroatoms. The third-order valence-corrected chi connectivity index (χ3v) is 5.01. The summed E-state index contributed by atoms with van der Waals surface area (Å²) in [6.45, 7) is 7.45. The number of hydrogen-bond acceptors (Lipinski definition) is 5. The van der Waals surface area contributed by atoms with Crippen LogP contribution in [0.4, 0.5) is 5.69 Å². The van der Waals surface area contributed by atoms with E-state index < -0.39 is 0 Å². The fraction of sp³-hybridized carbons (Fsp3) is 0.333. The van der Waals surface area contributed by atoms with Crippen molar-refractivity contribution in [3.05, 3.63) is 74.2 Å². The van der Waals surface area contributed by atoms with Gasteiger partial charge in [-0.05, 0) is 44.0 Å². The Kier molecular flexibility index (Phi) is 6.57. The molecule has 1 N–H and O–H groups in total. The lowest BCUT2D eigenvalue weighted by Crippen LogP contribution is -2.15. The standard InChI is InChI=1S/C24H27NO5/c1-14(10-18-6-8-20(9-7-18)25-17(4)26)11-19-12-21(29-13-19)23-15(2)22(27)16(3)24(28-5)30-23/h6-11,21H,12-13H2,1-5H3,(H,25,26)/b14-10-,19-11-/t21-/m1/s1. The molecule has 0 bridgehead atoms. The highest BCUT2D eigenvalue weighted by atomic mass is 16.6. The minimum atomic E-state index is -0.303. The van der Waals surface area contributed by atoms with Gasteiger partial charge < -0.3 is 19.2 Å². The molecule has 1 aromatic carbocycles. The van der Waals surface area contributed by atoms with Crippen molar-refractivity contribution in [1.82, 2.24) is 0 Å². The van der Waals surface area contributed by atoms with E-state index in [1.165, 1.54) is 14.0 Å². The number of carbonyl (C=O) groups excluding carboxylic acids is 1. The molecule has 158 valence electrons. The van der Waals surface area contributed by atoms with Crippen LogP contribution in [-0.4, -0.2) is 19.6 Å². The maximum absolute atomic E-state index is 12.4. The number of rotatable bonds is 5. The van der Waals surface area contributed by atoms with Crippen LogP contribution in [-0.2, 0) is 9.53 Å². The van der Waals surface area contributed by atoms with Crippen molar-refractivity contribution in [3.63, 3.8) is 0 Å². The summed E-state index contributed by atoms with van der Waals surface area (Å²) in [7, 11) is 1.49. The second-order valence-electron chi connectivity index (χ2n) is 7.53. The highest BCUT2D eigenvalue weighted by Gasteiger charge is 2.28. The first-order valence-corrected chi connectivity index (χ1v) is 9.83. The average molecular weight is 409 g/mol. The molecule has 0 saturated carbocycles. The lowest BCUT2D eigenvalue weighted by atomic mass is 10.0. The molecule has 0 aliphatic carbocycles. The van der Waals surface area contributed by atoms with Crippen molar-refractivity contribution >= 4 is 17.7 Å². The molecule has 1 aromatic heterocycles. The zero-order chi connectivity index (χ0) is 21.8. The van der Waals surface area contributed by atoms with Crippen molar-refractivity contribution in [2.75, 3.05) is 19.0 Å². The van der Waals surface area contributed by atoms with Crippen LogP contribution >= 0.6 is 0 Å². The van der Waals surface area contributed by atoms with Gasteiger partial charge in [-0.2, -0.15) is 0 Å². The molecular weight excluding hydrogens is 382 g/mol. The lowest BCUT2D eigenvalue weighted by molar-refractivity contribution is -0.114. The highest BCUT2D eigenvalue weighted by molar-refractivity contribution is 5.88. The number of allylic oxidation sites excluding steroid dienone is 2. The summed E-state index contributed by atoms with van der Waals surface area (Å²) in [5.41, 5.74) is 4.98. The fourth-order valence-corrected chi connectivity index (χ4v) is 3.57. The second-order valence-corrected chi connectivity index (χ2v) is 7.53. The molecule has 0 radical (unpaired) electrons. The first-order chi connectivity index (χ1) is 14.3. The first-order valence-electron chi connectivity index (χ1n) is 9.83. The molecule has 1 aliphatic heterocycles. The monoisotopic (exact) mass is 409 g/mol. The smallest absolute Gasteiger partial charge is 0.291 e. The van der Waals surface area contributed by atoms with Gasteiger partial charge in [0.05, 0.1) is 19.3 Å². The Morgan fingerprint density at radius 2 is 1.87 bits per heavy atom. The number of ether oxygens (including phenoxy) is 2. The van der Waals surface area contributed by atoms with E-state index in [0.29, 0.717) is 29.9 Å². The van der Waals surface area contributed by atoms with E-state index in [0.717, 1.165) is 22.4 Å². The zero-order valence-corrected chi connectivity index (χ0v) is 18.0. The van der Waals surface area contributed by atoms with Gasteiger partial charge in [0.1, 0.15) is 11.9 Å². The van der Waals surface area contributed by atoms with Gasteiger partial charge in [-0.1, -0.05) is 29.9 Å². The van der Waals surface area contributed by atoms with E-state index in [4.69, 9.17) is 13.9 Å². The maximum Gasteiger partial charge on any atom is 0.291 e. The summed E-state index contributed by atoms with van der Waals surface area (Å²) in [5, 5.41) is 2.76.